The Morgan fingerprint density at radius 3 is 2.50 bits per heavy atom. The van der Waals surface area contributed by atoms with Crippen molar-refractivity contribution in [3.63, 3.8) is 0 Å². The molecule has 0 unspecified atom stereocenters. The van der Waals surface area contributed by atoms with Gasteiger partial charge in [-0.25, -0.2) is 4.79 Å². The van der Waals surface area contributed by atoms with Crippen LogP contribution in [0.5, 0.6) is 0 Å². The number of allylic oxidation sites excluding steroid dienone is 3. The second kappa shape index (κ2) is 9.55. The quantitative estimate of drug-likeness (QED) is 0.624. The molecule has 1 aromatic rings. The topological polar surface area (TPSA) is 52.6 Å². The molecule has 4 heteroatoms. The minimum Gasteiger partial charge on any atom is -0.468 e. The molecular formula is C16H18O4. The van der Waals surface area contributed by atoms with E-state index in [2.05, 4.69) is 4.74 Å². The molecule has 0 amide bonds. The van der Waals surface area contributed by atoms with Crippen molar-refractivity contribution in [3.05, 3.63) is 59.9 Å². The van der Waals surface area contributed by atoms with Crippen molar-refractivity contribution in [1.82, 2.24) is 0 Å². The predicted octanol–water partition coefficient (Wildman–Crippen LogP) is 3.26. The zero-order valence-corrected chi connectivity index (χ0v) is 11.5. The molecule has 1 aliphatic rings. The number of hydrogen-bond donors (Lipinski definition) is 0. The summed E-state index contributed by atoms with van der Waals surface area (Å²) >= 11 is 0. The average Bonchev–Trinajstić information content (AvgIpc) is 2.50. The first-order valence-electron chi connectivity index (χ1n) is 6.47. The molecule has 0 bridgehead atoms. The van der Waals surface area contributed by atoms with Crippen molar-refractivity contribution in [2.24, 2.45) is 0 Å². The molecule has 0 radical (unpaired) electrons. The average molecular weight is 274 g/mol. The minimum atomic E-state index is -0.298. The van der Waals surface area contributed by atoms with Crippen molar-refractivity contribution < 1.29 is 19.1 Å². The zero-order valence-electron chi connectivity index (χ0n) is 11.5. The molecule has 0 saturated carbocycles. The maximum absolute atomic E-state index is 11.6. The van der Waals surface area contributed by atoms with Gasteiger partial charge in [0, 0.05) is 0 Å². The number of rotatable bonds is 4. The highest BCUT2D eigenvalue weighted by Crippen LogP contribution is 2.13. The molecule has 0 heterocycles. The monoisotopic (exact) mass is 274 g/mol. The Kier molecular flexibility index (Phi) is 7.50. The van der Waals surface area contributed by atoms with Crippen LogP contribution in [-0.4, -0.2) is 19.0 Å². The SMILES string of the molecule is CCOC=O.O=C(OC1=CCCC=C1)c1ccccc1. The van der Waals surface area contributed by atoms with Crippen LogP contribution in [0.25, 0.3) is 0 Å². The van der Waals surface area contributed by atoms with Gasteiger partial charge >= 0.3 is 5.97 Å². The molecule has 106 valence electrons. The van der Waals surface area contributed by atoms with Crippen LogP contribution in [0, 0.1) is 0 Å². The normalized spacial score (nSPS) is 12.6. The van der Waals surface area contributed by atoms with E-state index in [1.807, 2.05) is 36.4 Å². The van der Waals surface area contributed by atoms with Gasteiger partial charge in [-0.15, -0.1) is 0 Å². The first kappa shape index (κ1) is 15.7. The van der Waals surface area contributed by atoms with E-state index < -0.39 is 0 Å². The molecular weight excluding hydrogens is 256 g/mol. The number of benzene rings is 1. The van der Waals surface area contributed by atoms with Gasteiger partial charge in [0.15, 0.2) is 0 Å². The molecule has 2 rings (SSSR count). The fourth-order valence-electron chi connectivity index (χ4n) is 1.47. The van der Waals surface area contributed by atoms with Crippen LogP contribution in [0.4, 0.5) is 0 Å². The van der Waals surface area contributed by atoms with Crippen molar-refractivity contribution in [2.45, 2.75) is 19.8 Å². The lowest BCUT2D eigenvalue weighted by Crippen LogP contribution is -2.04. The van der Waals surface area contributed by atoms with Crippen molar-refractivity contribution in [2.75, 3.05) is 6.61 Å². The molecule has 0 atom stereocenters. The Hall–Kier alpha value is -2.36. The van der Waals surface area contributed by atoms with E-state index in [9.17, 15) is 9.59 Å². The van der Waals surface area contributed by atoms with Crippen LogP contribution in [0.15, 0.2) is 54.3 Å². The third kappa shape index (κ3) is 6.00. The Bertz CT molecular complexity index is 475. The zero-order chi connectivity index (χ0) is 14.6. The fraction of sp³-hybridized carbons (Fsp3) is 0.250. The van der Waals surface area contributed by atoms with Gasteiger partial charge in [0.25, 0.3) is 6.47 Å². The molecule has 1 aliphatic carbocycles. The highest BCUT2D eigenvalue weighted by atomic mass is 16.5. The van der Waals surface area contributed by atoms with Crippen LogP contribution >= 0.6 is 0 Å². The highest BCUT2D eigenvalue weighted by molar-refractivity contribution is 5.90. The Morgan fingerprint density at radius 2 is 2.00 bits per heavy atom. The van der Waals surface area contributed by atoms with Crippen molar-refractivity contribution in [3.8, 4) is 0 Å². The van der Waals surface area contributed by atoms with Crippen molar-refractivity contribution >= 4 is 12.4 Å². The Balaban J connectivity index is 0.000000347. The lowest BCUT2D eigenvalue weighted by molar-refractivity contribution is -0.128. The molecule has 0 fully saturated rings. The number of carbonyl (C=O) groups excluding carboxylic acids is 2. The van der Waals surface area contributed by atoms with Gasteiger partial charge in [0.05, 0.1) is 12.2 Å². The van der Waals surface area contributed by atoms with E-state index in [-0.39, 0.29) is 5.97 Å². The van der Waals surface area contributed by atoms with E-state index in [0.29, 0.717) is 24.4 Å². The Morgan fingerprint density at radius 1 is 1.25 bits per heavy atom. The standard InChI is InChI=1S/C13H12O2.C3H6O2/c14-13(11-7-3-1-4-8-11)15-12-9-5-2-6-10-12;1-2-5-3-4/h1,3-5,7-10H,2,6H2;3H,2H2,1H3. The molecule has 4 nitrogen and oxygen atoms in total. The van der Waals surface area contributed by atoms with Gasteiger partial charge in [0.2, 0.25) is 0 Å². The summed E-state index contributed by atoms with van der Waals surface area (Å²) < 4.78 is 9.37. The van der Waals surface area contributed by atoms with Crippen LogP contribution < -0.4 is 0 Å². The number of esters is 1. The van der Waals surface area contributed by atoms with E-state index in [1.165, 1.54) is 0 Å². The first-order chi connectivity index (χ1) is 9.77. The van der Waals surface area contributed by atoms with Gasteiger partial charge in [-0.05, 0) is 44.1 Å². The van der Waals surface area contributed by atoms with Gasteiger partial charge in [-0.3, -0.25) is 4.79 Å². The maximum atomic E-state index is 11.6. The lowest BCUT2D eigenvalue weighted by Gasteiger charge is -2.07. The van der Waals surface area contributed by atoms with Gasteiger partial charge in [-0.2, -0.15) is 0 Å². The summed E-state index contributed by atoms with van der Waals surface area (Å²) in [5.41, 5.74) is 0.581. The van der Waals surface area contributed by atoms with E-state index in [1.54, 1.807) is 19.1 Å². The molecule has 1 aromatic carbocycles. The van der Waals surface area contributed by atoms with Crippen LogP contribution in [-0.2, 0) is 14.3 Å². The maximum Gasteiger partial charge on any atom is 0.343 e. The molecule has 0 aliphatic heterocycles. The summed E-state index contributed by atoms with van der Waals surface area (Å²) in [6.45, 7) is 2.66. The van der Waals surface area contributed by atoms with Crippen LogP contribution in [0.3, 0.4) is 0 Å². The fourth-order valence-corrected chi connectivity index (χ4v) is 1.47. The molecule has 0 spiro atoms. The molecule has 20 heavy (non-hydrogen) atoms. The number of carbonyl (C=O) groups is 2. The molecule has 0 N–H and O–H groups in total. The number of hydrogen-bond acceptors (Lipinski definition) is 4. The third-order valence-corrected chi connectivity index (χ3v) is 2.42. The lowest BCUT2D eigenvalue weighted by atomic mass is 10.2. The second-order valence-corrected chi connectivity index (χ2v) is 3.89. The smallest absolute Gasteiger partial charge is 0.343 e. The number of ether oxygens (including phenoxy) is 2. The van der Waals surface area contributed by atoms with Crippen molar-refractivity contribution in [1.29, 1.82) is 0 Å². The summed E-state index contributed by atoms with van der Waals surface area (Å²) in [7, 11) is 0. The minimum absolute atomic E-state index is 0.298. The Labute approximate surface area is 118 Å². The molecule has 0 aromatic heterocycles. The summed E-state index contributed by atoms with van der Waals surface area (Å²) in [5.74, 6) is 0.350. The van der Waals surface area contributed by atoms with E-state index in [0.717, 1.165) is 12.8 Å². The van der Waals surface area contributed by atoms with Gasteiger partial charge < -0.3 is 9.47 Å². The van der Waals surface area contributed by atoms with Crippen LogP contribution in [0.2, 0.25) is 0 Å². The third-order valence-electron chi connectivity index (χ3n) is 2.42. The van der Waals surface area contributed by atoms with Gasteiger partial charge in [0.1, 0.15) is 5.76 Å². The van der Waals surface area contributed by atoms with E-state index in [4.69, 9.17) is 4.74 Å². The summed E-state index contributed by atoms with van der Waals surface area (Å²) in [6.07, 6.45) is 7.74. The largest absolute Gasteiger partial charge is 0.468 e. The van der Waals surface area contributed by atoms with Crippen LogP contribution in [0.1, 0.15) is 30.1 Å². The molecule has 0 saturated heterocycles. The van der Waals surface area contributed by atoms with Gasteiger partial charge in [-0.1, -0.05) is 24.3 Å². The highest BCUT2D eigenvalue weighted by Gasteiger charge is 2.08. The predicted molar refractivity (Wildman–Crippen MR) is 76.0 cm³/mol. The van der Waals surface area contributed by atoms with E-state index >= 15 is 0 Å². The summed E-state index contributed by atoms with van der Waals surface area (Å²) in [4.78, 5) is 20.8. The summed E-state index contributed by atoms with van der Waals surface area (Å²) in [6, 6.07) is 9.00. The second-order valence-electron chi connectivity index (χ2n) is 3.89. The summed E-state index contributed by atoms with van der Waals surface area (Å²) in [5, 5.41) is 0. The first-order valence-corrected chi connectivity index (χ1v) is 6.47.